The van der Waals surface area contributed by atoms with Crippen LogP contribution in [-0.4, -0.2) is 55.4 Å². The lowest BCUT2D eigenvalue weighted by molar-refractivity contribution is -0.192. The van der Waals surface area contributed by atoms with Crippen molar-refractivity contribution < 1.29 is 23.1 Å². The van der Waals surface area contributed by atoms with Crippen molar-refractivity contribution in [3.63, 3.8) is 0 Å². The quantitative estimate of drug-likeness (QED) is 0.545. The molecule has 0 saturated carbocycles. The first kappa shape index (κ1) is 21.5. The van der Waals surface area contributed by atoms with Gasteiger partial charge in [-0.05, 0) is 51.3 Å². The first-order valence-electron chi connectivity index (χ1n) is 9.71. The van der Waals surface area contributed by atoms with E-state index >= 15 is 0 Å². The molecular formula is C19H20F3N5O3S. The van der Waals surface area contributed by atoms with Gasteiger partial charge < -0.3 is 10.1 Å². The van der Waals surface area contributed by atoms with Gasteiger partial charge in [-0.3, -0.25) is 14.8 Å². The number of thiophene rings is 1. The minimum Gasteiger partial charge on any atom is -0.475 e. The number of rotatable bonds is 2. The van der Waals surface area contributed by atoms with Gasteiger partial charge in [-0.15, -0.1) is 11.3 Å². The van der Waals surface area contributed by atoms with E-state index in [0.29, 0.717) is 4.70 Å². The molecule has 3 aliphatic rings. The highest BCUT2D eigenvalue weighted by Crippen LogP contribution is 2.40. The molecule has 0 spiro atoms. The van der Waals surface area contributed by atoms with Crippen molar-refractivity contribution in [2.24, 2.45) is 5.92 Å². The van der Waals surface area contributed by atoms with Crippen LogP contribution in [0.5, 0.6) is 0 Å². The van der Waals surface area contributed by atoms with E-state index in [1.54, 1.807) is 6.20 Å². The molecule has 3 N–H and O–H groups in total. The standard InChI is InChI=1S/C17H19N5OS.C2HF3O2/c1-9-11(8-18-21-9)14-7-12-15(24-14)17(23)20-16(19-12)13-6-10-2-4-22(13)5-3-10;3-2(4,5)1(6)7/h7-8,10,13H,2-6H2,1H3,(H,18,21)(H,19,20,23);(H,6,7)/t13-;/m1./s1. The summed E-state index contributed by atoms with van der Waals surface area (Å²) >= 11 is 1.49. The maximum Gasteiger partial charge on any atom is 0.490 e. The third-order valence-corrected chi connectivity index (χ3v) is 6.86. The van der Waals surface area contributed by atoms with Crippen LogP contribution in [0.3, 0.4) is 0 Å². The molecular weight excluding hydrogens is 435 g/mol. The summed E-state index contributed by atoms with van der Waals surface area (Å²) in [6.07, 6.45) is 0.407. The first-order chi connectivity index (χ1) is 14.6. The Labute approximate surface area is 178 Å². The number of carboxylic acid groups (broad SMARTS) is 1. The summed E-state index contributed by atoms with van der Waals surface area (Å²) in [6, 6.07) is 2.29. The minimum atomic E-state index is -5.08. The Morgan fingerprint density at radius 1 is 1.32 bits per heavy atom. The van der Waals surface area contributed by atoms with Crippen LogP contribution < -0.4 is 5.56 Å². The fraction of sp³-hybridized carbons (Fsp3) is 0.474. The summed E-state index contributed by atoms with van der Waals surface area (Å²) in [4.78, 5) is 32.9. The van der Waals surface area contributed by atoms with E-state index in [1.807, 2.05) is 13.0 Å². The molecule has 31 heavy (non-hydrogen) atoms. The summed E-state index contributed by atoms with van der Waals surface area (Å²) in [6.45, 7) is 4.24. The predicted molar refractivity (Wildman–Crippen MR) is 108 cm³/mol. The lowest BCUT2D eigenvalue weighted by Gasteiger charge is -2.44. The first-order valence-corrected chi connectivity index (χ1v) is 10.5. The number of alkyl halides is 3. The Morgan fingerprint density at radius 3 is 2.52 bits per heavy atom. The van der Waals surface area contributed by atoms with Gasteiger partial charge in [0, 0.05) is 16.1 Å². The monoisotopic (exact) mass is 455 g/mol. The third kappa shape index (κ3) is 4.35. The highest BCUT2D eigenvalue weighted by molar-refractivity contribution is 7.22. The molecule has 6 heterocycles. The fourth-order valence-corrected chi connectivity index (χ4v) is 5.16. The summed E-state index contributed by atoms with van der Waals surface area (Å²) < 4.78 is 32.4. The summed E-state index contributed by atoms with van der Waals surface area (Å²) in [5.41, 5.74) is 2.83. The zero-order chi connectivity index (χ0) is 22.3. The Kier molecular flexibility index (Phi) is 5.60. The molecule has 166 valence electrons. The van der Waals surface area contributed by atoms with Crippen LogP contribution in [0.4, 0.5) is 13.2 Å². The van der Waals surface area contributed by atoms with Gasteiger partial charge in [0.2, 0.25) is 0 Å². The number of aromatic amines is 2. The smallest absolute Gasteiger partial charge is 0.475 e. The zero-order valence-electron chi connectivity index (χ0n) is 16.5. The lowest BCUT2D eigenvalue weighted by Crippen LogP contribution is -2.44. The SMILES string of the molecule is Cc1[nH]ncc1-c1cc2nc([C@H]3CC4CCN3CC4)[nH]c(=O)c2s1.O=C(O)C(F)(F)F. The van der Waals surface area contributed by atoms with Crippen molar-refractivity contribution in [3.05, 3.63) is 34.1 Å². The number of H-pyrrole nitrogens is 2. The molecule has 0 aromatic carbocycles. The molecule has 12 heteroatoms. The van der Waals surface area contributed by atoms with E-state index in [9.17, 15) is 18.0 Å². The number of fused-ring (bicyclic) bond motifs is 4. The Balaban J connectivity index is 0.000000289. The number of aliphatic carboxylic acids is 1. The van der Waals surface area contributed by atoms with Crippen LogP contribution in [0, 0.1) is 12.8 Å². The van der Waals surface area contributed by atoms with E-state index < -0.39 is 12.1 Å². The van der Waals surface area contributed by atoms with Crippen molar-refractivity contribution in [2.45, 2.75) is 38.4 Å². The van der Waals surface area contributed by atoms with Gasteiger partial charge in [-0.2, -0.15) is 18.3 Å². The lowest BCUT2D eigenvalue weighted by atomic mass is 9.83. The maximum absolute atomic E-state index is 12.6. The average Bonchev–Trinajstić information content (AvgIpc) is 3.34. The molecule has 1 atom stereocenters. The largest absolute Gasteiger partial charge is 0.490 e. The Bertz CT molecular complexity index is 1160. The van der Waals surface area contributed by atoms with Crippen LogP contribution in [0.1, 0.15) is 36.8 Å². The molecule has 2 bridgehead atoms. The van der Waals surface area contributed by atoms with Crippen LogP contribution in [0.2, 0.25) is 0 Å². The number of halogens is 3. The van der Waals surface area contributed by atoms with E-state index in [1.165, 1.54) is 24.2 Å². The van der Waals surface area contributed by atoms with Gasteiger partial charge in [-0.25, -0.2) is 9.78 Å². The number of carbonyl (C=O) groups is 1. The second kappa shape index (κ2) is 8.08. The highest BCUT2D eigenvalue weighted by atomic mass is 32.1. The van der Waals surface area contributed by atoms with Gasteiger partial charge >= 0.3 is 12.1 Å². The van der Waals surface area contributed by atoms with Gasteiger partial charge in [0.1, 0.15) is 10.5 Å². The van der Waals surface area contributed by atoms with E-state index in [4.69, 9.17) is 14.9 Å². The second-order valence-corrected chi connectivity index (χ2v) is 8.77. The fourth-order valence-electron chi connectivity index (χ4n) is 4.10. The molecule has 0 aliphatic carbocycles. The van der Waals surface area contributed by atoms with Crippen LogP contribution in [0.25, 0.3) is 20.7 Å². The van der Waals surface area contributed by atoms with Crippen molar-refractivity contribution in [3.8, 4) is 10.4 Å². The molecule has 0 unspecified atom stereocenters. The molecule has 0 radical (unpaired) electrons. The number of nitrogens with one attached hydrogen (secondary N) is 2. The third-order valence-electron chi connectivity index (χ3n) is 5.70. The normalized spacial score (nSPS) is 22.9. The van der Waals surface area contributed by atoms with Crippen molar-refractivity contribution in [2.75, 3.05) is 13.1 Å². The van der Waals surface area contributed by atoms with E-state index in [2.05, 4.69) is 20.1 Å². The number of carboxylic acids is 1. The van der Waals surface area contributed by atoms with Crippen molar-refractivity contribution >= 4 is 27.5 Å². The number of nitrogens with zero attached hydrogens (tertiary/aromatic N) is 3. The van der Waals surface area contributed by atoms with Gasteiger partial charge in [0.25, 0.3) is 5.56 Å². The van der Waals surface area contributed by atoms with Gasteiger partial charge in [0.15, 0.2) is 0 Å². The van der Waals surface area contributed by atoms with Gasteiger partial charge in [0.05, 0.1) is 17.8 Å². The molecule has 8 nitrogen and oxygen atoms in total. The van der Waals surface area contributed by atoms with Crippen LogP contribution >= 0.6 is 11.3 Å². The summed E-state index contributed by atoms with van der Waals surface area (Å²) in [5.74, 6) is -1.13. The predicted octanol–water partition coefficient (Wildman–Crippen LogP) is 3.47. The topological polar surface area (TPSA) is 115 Å². The van der Waals surface area contributed by atoms with Crippen molar-refractivity contribution in [1.82, 2.24) is 25.1 Å². The number of hydrogen-bond acceptors (Lipinski definition) is 6. The van der Waals surface area contributed by atoms with E-state index in [0.717, 1.165) is 52.9 Å². The zero-order valence-corrected chi connectivity index (χ0v) is 17.3. The maximum atomic E-state index is 12.6. The molecule has 0 amide bonds. The molecule has 3 aromatic rings. The van der Waals surface area contributed by atoms with Crippen LogP contribution in [0.15, 0.2) is 17.1 Å². The number of aromatic nitrogens is 4. The molecule has 3 aromatic heterocycles. The molecule has 3 fully saturated rings. The van der Waals surface area contributed by atoms with Crippen molar-refractivity contribution in [1.29, 1.82) is 0 Å². The average molecular weight is 455 g/mol. The molecule has 3 aliphatic heterocycles. The number of hydrogen-bond donors (Lipinski definition) is 3. The highest BCUT2D eigenvalue weighted by Gasteiger charge is 2.38. The molecule has 3 saturated heterocycles. The van der Waals surface area contributed by atoms with Gasteiger partial charge in [-0.1, -0.05) is 0 Å². The van der Waals surface area contributed by atoms with Crippen LogP contribution in [-0.2, 0) is 4.79 Å². The Morgan fingerprint density at radius 2 is 2.00 bits per heavy atom. The Hall–Kier alpha value is -2.73. The number of piperidine rings is 3. The van der Waals surface area contributed by atoms with E-state index in [-0.39, 0.29) is 11.6 Å². The summed E-state index contributed by atoms with van der Waals surface area (Å²) in [7, 11) is 0. The number of aryl methyl sites for hydroxylation is 1. The molecule has 6 rings (SSSR count). The minimum absolute atomic E-state index is 0.0185. The second-order valence-electron chi connectivity index (χ2n) is 7.72. The summed E-state index contributed by atoms with van der Waals surface area (Å²) in [5, 5.41) is 14.2.